The SMILES string of the molecule is CC1Cc2nc(C(=O)N3CCN(S(=O)(=O)c4cc5ccc(Cl)cc5s4)CC3CCC#N)oc2CN1. The van der Waals surface area contributed by atoms with Gasteiger partial charge < -0.3 is 14.6 Å². The van der Waals surface area contributed by atoms with Crippen molar-refractivity contribution in [2.75, 3.05) is 19.6 Å². The third kappa shape index (κ3) is 4.69. The van der Waals surface area contributed by atoms with Gasteiger partial charge in [0.15, 0.2) is 0 Å². The van der Waals surface area contributed by atoms with Crippen LogP contribution in [-0.2, 0) is 23.0 Å². The third-order valence-corrected chi connectivity index (χ3v) is 10.1. The summed E-state index contributed by atoms with van der Waals surface area (Å²) in [6.45, 7) is 2.99. The van der Waals surface area contributed by atoms with E-state index in [0.29, 0.717) is 30.2 Å². The van der Waals surface area contributed by atoms with E-state index < -0.39 is 16.1 Å². The van der Waals surface area contributed by atoms with E-state index in [9.17, 15) is 13.2 Å². The Balaban J connectivity index is 1.38. The first-order valence-corrected chi connectivity index (χ1v) is 14.0. The number of hydrogen-bond acceptors (Lipinski definition) is 8. The molecule has 35 heavy (non-hydrogen) atoms. The van der Waals surface area contributed by atoms with E-state index in [-0.39, 0.29) is 48.1 Å². The van der Waals surface area contributed by atoms with E-state index in [1.807, 2.05) is 6.92 Å². The van der Waals surface area contributed by atoms with Crippen molar-refractivity contribution in [2.24, 2.45) is 0 Å². The van der Waals surface area contributed by atoms with Crippen molar-refractivity contribution in [1.82, 2.24) is 19.5 Å². The van der Waals surface area contributed by atoms with Crippen LogP contribution in [0, 0.1) is 11.3 Å². The minimum Gasteiger partial charge on any atom is -0.436 e. The van der Waals surface area contributed by atoms with Gasteiger partial charge in [-0.3, -0.25) is 4.79 Å². The van der Waals surface area contributed by atoms with Gasteiger partial charge in [-0.15, -0.1) is 11.3 Å². The summed E-state index contributed by atoms with van der Waals surface area (Å²) in [5.74, 6) is 0.306. The molecular formula is C23H24ClN5O4S2. The molecule has 1 N–H and O–H groups in total. The molecule has 5 rings (SSSR count). The lowest BCUT2D eigenvalue weighted by molar-refractivity contribution is 0.0512. The second-order valence-electron chi connectivity index (χ2n) is 8.83. The summed E-state index contributed by atoms with van der Waals surface area (Å²) in [6.07, 6.45) is 1.24. The number of oxazole rings is 1. The molecule has 0 radical (unpaired) electrons. The molecule has 2 aliphatic rings. The third-order valence-electron chi connectivity index (χ3n) is 6.42. The van der Waals surface area contributed by atoms with E-state index in [1.165, 1.54) is 15.6 Å². The molecule has 2 unspecified atom stereocenters. The molecule has 2 atom stereocenters. The second-order valence-corrected chi connectivity index (χ2v) is 12.5. The monoisotopic (exact) mass is 533 g/mol. The van der Waals surface area contributed by atoms with Gasteiger partial charge in [0.1, 0.15) is 9.97 Å². The molecule has 0 saturated carbocycles. The lowest BCUT2D eigenvalue weighted by Gasteiger charge is -2.39. The summed E-state index contributed by atoms with van der Waals surface area (Å²) in [6, 6.07) is 8.82. The van der Waals surface area contributed by atoms with Gasteiger partial charge in [0.2, 0.25) is 0 Å². The average molecular weight is 534 g/mol. The maximum atomic E-state index is 13.5. The fourth-order valence-corrected chi connectivity index (χ4v) is 7.85. The number of thiophene rings is 1. The summed E-state index contributed by atoms with van der Waals surface area (Å²) < 4.78 is 35.1. The number of carbonyl (C=O) groups excluding carboxylic acids is 1. The highest BCUT2D eigenvalue weighted by molar-refractivity contribution is 7.91. The van der Waals surface area contributed by atoms with E-state index in [1.54, 1.807) is 29.2 Å². The Bertz CT molecular complexity index is 1430. The molecule has 9 nitrogen and oxygen atoms in total. The van der Waals surface area contributed by atoms with Gasteiger partial charge >= 0.3 is 5.91 Å². The molecule has 0 aliphatic carbocycles. The number of piperazine rings is 1. The number of halogens is 1. The van der Waals surface area contributed by atoms with Gasteiger partial charge in [-0.2, -0.15) is 9.57 Å². The molecule has 1 amide bonds. The molecule has 1 saturated heterocycles. The van der Waals surface area contributed by atoms with Crippen LogP contribution in [0.15, 0.2) is 32.9 Å². The van der Waals surface area contributed by atoms with Gasteiger partial charge in [-0.25, -0.2) is 13.4 Å². The fraction of sp³-hybridized carbons (Fsp3) is 0.435. The van der Waals surface area contributed by atoms with Gasteiger partial charge in [-0.05, 0) is 36.9 Å². The van der Waals surface area contributed by atoms with Crippen molar-refractivity contribution in [3.05, 3.63) is 46.6 Å². The number of nitrogens with zero attached hydrogens (tertiary/aromatic N) is 4. The fourth-order valence-electron chi connectivity index (χ4n) is 4.55. The first kappa shape index (κ1) is 24.2. The van der Waals surface area contributed by atoms with E-state index in [2.05, 4.69) is 16.4 Å². The maximum Gasteiger partial charge on any atom is 0.310 e. The van der Waals surface area contributed by atoms with E-state index >= 15 is 0 Å². The molecule has 12 heteroatoms. The standard InChI is InChI=1S/C23H24ClN5O4S2/c1-14-9-18-19(12-26-14)33-22(27-18)23(30)29-8-7-28(13-17(29)3-2-6-25)35(31,32)21-10-15-4-5-16(24)11-20(15)34-21/h4-5,10-11,14,17,26H,2-3,7-9,12-13H2,1H3. The lowest BCUT2D eigenvalue weighted by atomic mass is 10.1. The Morgan fingerprint density at radius 3 is 3.00 bits per heavy atom. The smallest absolute Gasteiger partial charge is 0.310 e. The number of nitriles is 1. The largest absolute Gasteiger partial charge is 0.436 e. The van der Waals surface area contributed by atoms with Crippen LogP contribution < -0.4 is 5.32 Å². The molecule has 4 heterocycles. The first-order chi connectivity index (χ1) is 16.8. The Morgan fingerprint density at radius 2 is 2.20 bits per heavy atom. The summed E-state index contributed by atoms with van der Waals surface area (Å²) in [5.41, 5.74) is 0.777. The Morgan fingerprint density at radius 1 is 1.37 bits per heavy atom. The van der Waals surface area contributed by atoms with E-state index in [4.69, 9.17) is 21.3 Å². The van der Waals surface area contributed by atoms with Crippen molar-refractivity contribution in [3.63, 3.8) is 0 Å². The zero-order valence-electron chi connectivity index (χ0n) is 19.0. The predicted molar refractivity (Wildman–Crippen MR) is 132 cm³/mol. The molecule has 2 aliphatic heterocycles. The van der Waals surface area contributed by atoms with Crippen LogP contribution in [0.2, 0.25) is 5.02 Å². The molecular weight excluding hydrogens is 510 g/mol. The normalized spacial score (nSPS) is 21.1. The van der Waals surface area contributed by atoms with Crippen molar-refractivity contribution in [2.45, 2.75) is 49.0 Å². The van der Waals surface area contributed by atoms with Crippen molar-refractivity contribution in [1.29, 1.82) is 5.26 Å². The minimum atomic E-state index is -3.78. The molecule has 0 bridgehead atoms. The number of nitrogens with one attached hydrogen (secondary N) is 1. The van der Waals surface area contributed by atoms with Crippen molar-refractivity contribution in [3.8, 4) is 6.07 Å². The Hall–Kier alpha value is -2.49. The van der Waals surface area contributed by atoms with Crippen LogP contribution >= 0.6 is 22.9 Å². The Kier molecular flexibility index (Phi) is 6.59. The number of hydrogen-bond donors (Lipinski definition) is 1. The summed E-state index contributed by atoms with van der Waals surface area (Å²) in [7, 11) is -3.78. The molecule has 184 valence electrons. The maximum absolute atomic E-state index is 13.5. The van der Waals surface area contributed by atoms with Crippen LogP contribution in [-0.4, -0.2) is 60.2 Å². The average Bonchev–Trinajstić information content (AvgIpc) is 3.46. The number of benzene rings is 1. The highest BCUT2D eigenvalue weighted by Crippen LogP contribution is 2.34. The first-order valence-electron chi connectivity index (χ1n) is 11.4. The summed E-state index contributed by atoms with van der Waals surface area (Å²) >= 11 is 7.23. The van der Waals surface area contributed by atoms with Gasteiger partial charge in [-0.1, -0.05) is 17.7 Å². The predicted octanol–water partition coefficient (Wildman–Crippen LogP) is 3.40. The number of aromatic nitrogens is 1. The minimum absolute atomic E-state index is 0.0190. The molecule has 0 spiro atoms. The van der Waals surface area contributed by atoms with Gasteiger partial charge in [0, 0.05) is 54.3 Å². The molecule has 3 aromatic rings. The molecule has 1 aromatic carbocycles. The molecule has 1 fully saturated rings. The van der Waals surface area contributed by atoms with Gasteiger partial charge in [0.25, 0.3) is 15.9 Å². The zero-order valence-corrected chi connectivity index (χ0v) is 21.4. The summed E-state index contributed by atoms with van der Waals surface area (Å²) in [4.78, 5) is 19.4. The van der Waals surface area contributed by atoms with Crippen LogP contribution in [0.5, 0.6) is 0 Å². The van der Waals surface area contributed by atoms with Gasteiger partial charge in [0.05, 0.1) is 18.3 Å². The van der Waals surface area contributed by atoms with Crippen LogP contribution in [0.4, 0.5) is 0 Å². The number of amides is 1. The van der Waals surface area contributed by atoms with Crippen molar-refractivity contribution < 1.29 is 17.6 Å². The summed E-state index contributed by atoms with van der Waals surface area (Å²) in [5, 5.41) is 13.8. The highest BCUT2D eigenvalue weighted by Gasteiger charge is 2.39. The Labute approximate surface area is 212 Å². The number of rotatable bonds is 5. The highest BCUT2D eigenvalue weighted by atomic mass is 35.5. The quantitative estimate of drug-likeness (QED) is 0.533. The van der Waals surface area contributed by atoms with E-state index in [0.717, 1.165) is 15.8 Å². The molecule has 2 aromatic heterocycles. The number of sulfonamides is 1. The second kappa shape index (κ2) is 9.52. The number of carbonyl (C=O) groups is 1. The van der Waals surface area contributed by atoms with Crippen LogP contribution in [0.1, 0.15) is 41.9 Å². The lowest BCUT2D eigenvalue weighted by Crippen LogP contribution is -2.56. The van der Waals surface area contributed by atoms with Crippen LogP contribution in [0.25, 0.3) is 10.1 Å². The topological polar surface area (TPSA) is 120 Å². The zero-order chi connectivity index (χ0) is 24.7. The van der Waals surface area contributed by atoms with Crippen LogP contribution in [0.3, 0.4) is 0 Å². The number of fused-ring (bicyclic) bond motifs is 2. The van der Waals surface area contributed by atoms with Crippen molar-refractivity contribution >= 4 is 49.0 Å².